The van der Waals surface area contributed by atoms with Gasteiger partial charge >= 0.3 is 0 Å². The molecular weight excluding hydrogens is 308 g/mol. The summed E-state index contributed by atoms with van der Waals surface area (Å²) in [7, 11) is 0. The standard InChI is InChI=1S/C17H22N4O3/c18-16(23)14-13(22)11-19-17(24,20-14)15(12-7-3-1-4-8-12)21-9-5-2-6-10-21/h1,3-4,7-8,11,15,19,22,24H,2,5-6,9-10H2,(H2,18,23). The zero-order valence-electron chi connectivity index (χ0n) is 13.4. The molecule has 7 nitrogen and oxygen atoms in total. The van der Waals surface area contributed by atoms with E-state index in [1.54, 1.807) is 0 Å². The second-order valence-corrected chi connectivity index (χ2v) is 6.13. The lowest BCUT2D eigenvalue weighted by molar-refractivity contribution is -0.112. The third kappa shape index (κ3) is 3.13. The number of likely N-dealkylation sites (tertiary alicyclic amines) is 1. The monoisotopic (exact) mass is 330 g/mol. The molecule has 2 atom stereocenters. The van der Waals surface area contributed by atoms with E-state index in [-0.39, 0.29) is 11.5 Å². The molecule has 0 spiro atoms. The van der Waals surface area contributed by atoms with Crippen LogP contribution in [0.15, 0.2) is 47.3 Å². The first kappa shape index (κ1) is 16.5. The highest BCUT2D eigenvalue weighted by atomic mass is 16.3. The molecular formula is C17H22N4O3. The van der Waals surface area contributed by atoms with Crippen molar-refractivity contribution in [3.05, 3.63) is 47.9 Å². The highest BCUT2D eigenvalue weighted by Gasteiger charge is 2.44. The molecule has 7 heteroatoms. The predicted molar refractivity (Wildman–Crippen MR) is 90.0 cm³/mol. The number of hydrogen-bond donors (Lipinski definition) is 4. The maximum Gasteiger partial charge on any atom is 0.270 e. The highest BCUT2D eigenvalue weighted by molar-refractivity contribution is 6.44. The van der Waals surface area contributed by atoms with Gasteiger partial charge in [-0.2, -0.15) is 0 Å². The normalized spacial score (nSPS) is 26.0. The summed E-state index contributed by atoms with van der Waals surface area (Å²) in [5.74, 6) is -3.04. The van der Waals surface area contributed by atoms with Crippen LogP contribution in [0.5, 0.6) is 0 Å². The van der Waals surface area contributed by atoms with E-state index >= 15 is 0 Å². The minimum absolute atomic E-state index is 0.325. The van der Waals surface area contributed by atoms with Gasteiger partial charge in [0.1, 0.15) is 6.04 Å². The van der Waals surface area contributed by atoms with E-state index in [2.05, 4.69) is 15.2 Å². The van der Waals surface area contributed by atoms with E-state index in [1.807, 2.05) is 30.3 Å². The van der Waals surface area contributed by atoms with Gasteiger partial charge in [0, 0.05) is 6.20 Å². The predicted octanol–water partition coefficient (Wildman–Crippen LogP) is 0.789. The molecule has 3 rings (SSSR count). The van der Waals surface area contributed by atoms with Gasteiger partial charge in [-0.3, -0.25) is 9.69 Å². The van der Waals surface area contributed by atoms with Crippen molar-refractivity contribution in [1.82, 2.24) is 10.2 Å². The van der Waals surface area contributed by atoms with E-state index < -0.39 is 17.8 Å². The molecule has 0 aromatic heterocycles. The first-order chi connectivity index (χ1) is 11.5. The summed E-state index contributed by atoms with van der Waals surface area (Å²) in [6, 6.07) is 9.01. The average Bonchev–Trinajstić information content (AvgIpc) is 2.59. The Hall–Kier alpha value is -2.38. The summed E-state index contributed by atoms with van der Waals surface area (Å²) in [5.41, 5.74) is 5.82. The number of benzene rings is 1. The summed E-state index contributed by atoms with van der Waals surface area (Å²) < 4.78 is 0. The lowest BCUT2D eigenvalue weighted by atomic mass is 9.96. The number of nitrogens with zero attached hydrogens (tertiary/aromatic N) is 2. The van der Waals surface area contributed by atoms with E-state index in [0.29, 0.717) is 0 Å². The molecule has 1 aromatic carbocycles. The van der Waals surface area contributed by atoms with Crippen molar-refractivity contribution in [1.29, 1.82) is 0 Å². The molecule has 0 radical (unpaired) electrons. The van der Waals surface area contributed by atoms with Gasteiger partial charge in [-0.25, -0.2) is 4.99 Å². The number of primary amides is 1. The number of carbonyl (C=O) groups is 1. The number of nitrogens with two attached hydrogens (primary N) is 1. The van der Waals surface area contributed by atoms with Crippen LogP contribution in [0.3, 0.4) is 0 Å². The van der Waals surface area contributed by atoms with Gasteiger partial charge < -0.3 is 21.3 Å². The Morgan fingerprint density at radius 3 is 2.54 bits per heavy atom. The van der Waals surface area contributed by atoms with Gasteiger partial charge in [-0.05, 0) is 31.5 Å². The smallest absolute Gasteiger partial charge is 0.270 e. The summed E-state index contributed by atoms with van der Waals surface area (Å²) in [6.45, 7) is 1.64. The Balaban J connectivity index is 2.03. The number of hydrogen-bond acceptors (Lipinski definition) is 6. The third-order valence-electron chi connectivity index (χ3n) is 4.43. The van der Waals surface area contributed by atoms with Crippen LogP contribution in [0, 0.1) is 0 Å². The molecule has 1 saturated heterocycles. The van der Waals surface area contributed by atoms with Crippen molar-refractivity contribution in [2.75, 3.05) is 13.1 Å². The van der Waals surface area contributed by atoms with Crippen molar-refractivity contribution in [2.24, 2.45) is 10.7 Å². The molecule has 2 heterocycles. The topological polar surface area (TPSA) is 111 Å². The number of rotatable bonds is 4. The number of aliphatic imine (C=N–C) groups is 1. The Morgan fingerprint density at radius 2 is 1.92 bits per heavy atom. The first-order valence-electron chi connectivity index (χ1n) is 8.09. The zero-order chi connectivity index (χ0) is 17.2. The quantitative estimate of drug-likeness (QED) is 0.652. The fraction of sp³-hybridized carbons (Fsp3) is 0.412. The van der Waals surface area contributed by atoms with Crippen molar-refractivity contribution in [2.45, 2.75) is 31.2 Å². The van der Waals surface area contributed by atoms with Crippen LogP contribution < -0.4 is 11.1 Å². The van der Waals surface area contributed by atoms with Gasteiger partial charge in [-0.15, -0.1) is 0 Å². The maximum atomic E-state index is 11.5. The van der Waals surface area contributed by atoms with Crippen LogP contribution in [0.1, 0.15) is 30.9 Å². The molecule has 2 aliphatic heterocycles. The molecule has 2 unspecified atom stereocenters. The molecule has 1 amide bonds. The van der Waals surface area contributed by atoms with Gasteiger partial charge in [-0.1, -0.05) is 36.8 Å². The molecule has 2 aliphatic rings. The van der Waals surface area contributed by atoms with Crippen molar-refractivity contribution < 1.29 is 15.0 Å². The molecule has 128 valence electrons. The second-order valence-electron chi connectivity index (χ2n) is 6.13. The lowest BCUT2D eigenvalue weighted by Crippen LogP contribution is -2.56. The van der Waals surface area contributed by atoms with Gasteiger partial charge in [0.25, 0.3) is 11.8 Å². The van der Waals surface area contributed by atoms with E-state index in [0.717, 1.165) is 37.9 Å². The van der Waals surface area contributed by atoms with Gasteiger partial charge in [0.2, 0.25) is 0 Å². The van der Waals surface area contributed by atoms with Crippen LogP contribution in [0.2, 0.25) is 0 Å². The largest absolute Gasteiger partial charge is 0.504 e. The SMILES string of the molecule is NC(=O)C1=NC(O)(C(c2ccccc2)N2CCCCC2)NC=C1O. The van der Waals surface area contributed by atoms with Crippen molar-refractivity contribution >= 4 is 11.6 Å². The number of amides is 1. The number of carbonyl (C=O) groups excluding carboxylic acids is 1. The Labute approximate surface area is 140 Å². The number of aliphatic hydroxyl groups is 2. The Kier molecular flexibility index (Phi) is 4.55. The van der Waals surface area contributed by atoms with Crippen LogP contribution in [0.4, 0.5) is 0 Å². The zero-order valence-corrected chi connectivity index (χ0v) is 13.4. The molecule has 0 bridgehead atoms. The molecule has 1 aromatic rings. The van der Waals surface area contributed by atoms with Crippen LogP contribution in [-0.4, -0.2) is 45.7 Å². The summed E-state index contributed by atoms with van der Waals surface area (Å²) in [6.07, 6.45) is 4.40. The Bertz CT molecular complexity index is 668. The second kappa shape index (κ2) is 6.62. The van der Waals surface area contributed by atoms with Crippen molar-refractivity contribution in [3.63, 3.8) is 0 Å². The van der Waals surface area contributed by atoms with E-state index in [1.165, 1.54) is 6.20 Å². The fourth-order valence-electron chi connectivity index (χ4n) is 3.33. The highest BCUT2D eigenvalue weighted by Crippen LogP contribution is 2.35. The van der Waals surface area contributed by atoms with Crippen molar-refractivity contribution in [3.8, 4) is 0 Å². The molecule has 24 heavy (non-hydrogen) atoms. The molecule has 5 N–H and O–H groups in total. The number of nitrogens with one attached hydrogen (secondary N) is 1. The van der Waals surface area contributed by atoms with E-state index in [4.69, 9.17) is 5.73 Å². The van der Waals surface area contributed by atoms with E-state index in [9.17, 15) is 15.0 Å². The van der Waals surface area contributed by atoms with Crippen LogP contribution in [0.25, 0.3) is 0 Å². The fourth-order valence-corrected chi connectivity index (χ4v) is 3.33. The third-order valence-corrected chi connectivity index (χ3v) is 4.43. The average molecular weight is 330 g/mol. The summed E-state index contributed by atoms with van der Waals surface area (Å²) >= 11 is 0. The van der Waals surface area contributed by atoms with Gasteiger partial charge in [0.05, 0.1) is 0 Å². The number of piperidine rings is 1. The van der Waals surface area contributed by atoms with Crippen LogP contribution in [-0.2, 0) is 4.79 Å². The summed E-state index contributed by atoms with van der Waals surface area (Å²) in [5, 5.41) is 23.7. The molecule has 0 saturated carbocycles. The molecule has 1 fully saturated rings. The maximum absolute atomic E-state index is 11.5. The minimum atomic E-state index is -1.78. The number of aliphatic hydroxyl groups excluding tert-OH is 1. The summed E-state index contributed by atoms with van der Waals surface area (Å²) in [4.78, 5) is 17.7. The Morgan fingerprint density at radius 1 is 1.25 bits per heavy atom. The minimum Gasteiger partial charge on any atom is -0.504 e. The lowest BCUT2D eigenvalue weighted by Gasteiger charge is -2.43. The van der Waals surface area contributed by atoms with Gasteiger partial charge in [0.15, 0.2) is 11.5 Å². The first-order valence-corrected chi connectivity index (χ1v) is 8.09. The van der Waals surface area contributed by atoms with Crippen LogP contribution >= 0.6 is 0 Å². The molecule has 0 aliphatic carbocycles.